The van der Waals surface area contributed by atoms with E-state index in [1.54, 1.807) is 99.1 Å². The smallest absolute Gasteiger partial charge is 0.330 e. The van der Waals surface area contributed by atoms with Crippen molar-refractivity contribution in [3.63, 3.8) is 0 Å². The number of phenols is 2. The second-order valence-electron chi connectivity index (χ2n) is 17.3. The average Bonchev–Trinajstić information content (AvgIpc) is 4.20. The van der Waals surface area contributed by atoms with Gasteiger partial charge in [0.25, 0.3) is 23.6 Å². The number of nitrogens with one attached hydrogen (secondary N) is 6. The second-order valence-corrected chi connectivity index (χ2v) is 19.2. The Morgan fingerprint density at radius 3 is 1.42 bits per heavy atom. The highest BCUT2D eigenvalue weighted by Gasteiger charge is 2.28. The number of benzene rings is 2. The molecule has 4 aromatic heterocycles. The monoisotopic (exact) mass is 1110 g/mol. The van der Waals surface area contributed by atoms with Crippen molar-refractivity contribution in [3.8, 4) is 11.5 Å². The fourth-order valence-corrected chi connectivity index (χ4v) is 8.84. The molecule has 0 saturated heterocycles. The number of ether oxygens (including phenoxy) is 3. The van der Waals surface area contributed by atoms with Crippen molar-refractivity contribution in [1.29, 1.82) is 0 Å². The molecule has 2 aromatic carbocycles. The molecule has 6 rings (SSSR count). The third-order valence-corrected chi connectivity index (χ3v) is 13.1. The highest BCUT2D eigenvalue weighted by molar-refractivity contribution is 7.12. The van der Waals surface area contributed by atoms with E-state index in [0.717, 1.165) is 36.8 Å². The van der Waals surface area contributed by atoms with Crippen LogP contribution in [-0.2, 0) is 36.6 Å². The number of aliphatic carboxylic acids is 1. The van der Waals surface area contributed by atoms with E-state index in [1.807, 2.05) is 19.1 Å². The molecule has 78 heavy (non-hydrogen) atoms. The molecule has 9 N–H and O–H groups in total. The number of aromatic hydroxyl groups is 2. The van der Waals surface area contributed by atoms with Crippen LogP contribution in [0.25, 0.3) is 0 Å². The molecule has 0 fully saturated rings. The number of carbonyl (C=O) groups excluding carboxylic acids is 5. The van der Waals surface area contributed by atoms with E-state index in [4.69, 9.17) is 14.2 Å². The van der Waals surface area contributed by atoms with Gasteiger partial charge in [0.05, 0.1) is 63.5 Å². The summed E-state index contributed by atoms with van der Waals surface area (Å²) in [7, 11) is 0. The van der Waals surface area contributed by atoms with Gasteiger partial charge in [-0.05, 0) is 119 Å². The van der Waals surface area contributed by atoms with E-state index < -0.39 is 41.7 Å². The third-order valence-electron chi connectivity index (χ3n) is 11.3. The van der Waals surface area contributed by atoms with Gasteiger partial charge in [-0.1, -0.05) is 36.4 Å². The molecule has 0 radical (unpaired) electrons. The van der Waals surface area contributed by atoms with Gasteiger partial charge in [0, 0.05) is 32.8 Å². The highest BCUT2D eigenvalue weighted by atomic mass is 32.1. The van der Waals surface area contributed by atoms with Gasteiger partial charge in [-0.15, -0.1) is 22.7 Å². The summed E-state index contributed by atoms with van der Waals surface area (Å²) in [5.74, 6) is -2.74. The third kappa shape index (κ3) is 20.1. The first kappa shape index (κ1) is 60.8. The van der Waals surface area contributed by atoms with Gasteiger partial charge in [-0.2, -0.15) is 0 Å². The SMILES string of the molecule is CCOCCOCCOC(=O)[C@H](CNC(=O)c1cccs1)NC(=O)c1c(C)nc(NCCCc2cccc(O)c2)nc1C.Cc1nc(NCCCc2cccc(O)c2)nc(C)c1C(=O)N[C@@H](CNC(=O)c1cccs1)C(=O)O. The largest absolute Gasteiger partial charge is 0.508 e. The molecule has 24 heteroatoms. The van der Waals surface area contributed by atoms with Crippen molar-refractivity contribution in [2.75, 3.05) is 69.8 Å². The summed E-state index contributed by atoms with van der Waals surface area (Å²) in [5, 5.41) is 48.8. The Morgan fingerprint density at radius 2 is 1.00 bits per heavy atom. The van der Waals surface area contributed by atoms with Crippen molar-refractivity contribution < 1.29 is 58.3 Å². The second kappa shape index (κ2) is 31.9. The zero-order chi connectivity index (χ0) is 56.4. The lowest BCUT2D eigenvalue weighted by Gasteiger charge is -2.19. The summed E-state index contributed by atoms with van der Waals surface area (Å²) in [5.41, 5.74) is 4.12. The Kier molecular flexibility index (Phi) is 24.8. The Balaban J connectivity index is 0.000000293. The number of thiophene rings is 2. The van der Waals surface area contributed by atoms with Crippen molar-refractivity contribution >= 4 is 70.1 Å². The topological polar surface area (TPSA) is 315 Å². The number of rotatable bonds is 29. The maximum Gasteiger partial charge on any atom is 0.330 e. The number of carboxylic acids is 1. The van der Waals surface area contributed by atoms with E-state index in [9.17, 15) is 44.1 Å². The average molecular weight is 1110 g/mol. The van der Waals surface area contributed by atoms with Crippen LogP contribution >= 0.6 is 22.7 Å². The van der Waals surface area contributed by atoms with Crippen LogP contribution < -0.4 is 31.9 Å². The lowest BCUT2D eigenvalue weighted by molar-refractivity contribution is -0.147. The Hall–Kier alpha value is -8.06. The zero-order valence-corrected chi connectivity index (χ0v) is 45.7. The predicted octanol–water partition coefficient (Wildman–Crippen LogP) is 5.55. The number of esters is 1. The standard InChI is InChI=1S/C30H39N5O7S.C24H27N5O5S/c1-4-40-13-14-41-15-16-42-29(39)24(19-32-27(37)25-11-7-17-43-25)35-28(38)26-20(2)33-30(34-21(26)3)31-12-6-9-22-8-5-10-23(36)18-22;1-14-20(22(32)29-18(23(33)34)13-26-21(31)19-9-5-11-35-19)15(2)28-24(27-14)25-10-4-7-16-6-3-8-17(30)12-16/h5,7-8,10-11,17-18,24,36H,4,6,9,12-16,19H2,1-3H3,(H,32,37)(H,35,38)(H,31,33,34);3,5-6,8-9,11-12,18,30H,4,7,10,13H2,1-2H3,(H,26,31)(H,29,32)(H,33,34)(H,25,27,28)/t24-;18-/m00/s1. The number of carboxylic acid groups (broad SMARTS) is 1. The first-order valence-corrected chi connectivity index (χ1v) is 26.8. The van der Waals surface area contributed by atoms with Crippen LogP contribution in [0.15, 0.2) is 83.6 Å². The maximum absolute atomic E-state index is 13.3. The summed E-state index contributed by atoms with van der Waals surface area (Å²) < 4.78 is 15.9. The number of hydrogen-bond donors (Lipinski definition) is 9. The maximum atomic E-state index is 13.3. The lowest BCUT2D eigenvalue weighted by atomic mass is 10.1. The van der Waals surface area contributed by atoms with Crippen LogP contribution in [0.3, 0.4) is 0 Å². The fraction of sp³-hybridized carbons (Fsp3) is 0.370. The number of amides is 4. The lowest BCUT2D eigenvalue weighted by Crippen LogP contribution is -2.49. The molecule has 0 spiro atoms. The van der Waals surface area contributed by atoms with E-state index in [-0.39, 0.29) is 54.8 Å². The summed E-state index contributed by atoms with van der Waals surface area (Å²) in [4.78, 5) is 93.7. The number of anilines is 2. The molecule has 0 saturated carbocycles. The van der Waals surface area contributed by atoms with Crippen molar-refractivity contribution in [3.05, 3.63) is 138 Å². The van der Waals surface area contributed by atoms with Crippen LogP contribution in [0.2, 0.25) is 0 Å². The number of aromatic nitrogens is 4. The predicted molar refractivity (Wildman–Crippen MR) is 295 cm³/mol. The number of nitrogens with zero attached hydrogens (tertiary/aromatic N) is 4. The Labute approximate surface area is 459 Å². The zero-order valence-electron chi connectivity index (χ0n) is 44.1. The molecule has 4 amide bonds. The minimum atomic E-state index is -1.32. The minimum absolute atomic E-state index is 0.0246. The van der Waals surface area contributed by atoms with Crippen LogP contribution in [0.4, 0.5) is 11.9 Å². The molecule has 6 aromatic rings. The molecule has 416 valence electrons. The summed E-state index contributed by atoms with van der Waals surface area (Å²) in [6, 6.07) is 18.5. The first-order valence-electron chi connectivity index (χ1n) is 25.1. The summed E-state index contributed by atoms with van der Waals surface area (Å²) >= 11 is 2.50. The van der Waals surface area contributed by atoms with Crippen LogP contribution in [0.5, 0.6) is 11.5 Å². The summed E-state index contributed by atoms with van der Waals surface area (Å²) in [6.07, 6.45) is 3.09. The van der Waals surface area contributed by atoms with Crippen LogP contribution in [0.1, 0.15) is 93.7 Å². The van der Waals surface area contributed by atoms with E-state index in [1.165, 1.54) is 22.7 Å². The first-order chi connectivity index (χ1) is 37.5. The molecular formula is C54H66N10O12S2. The molecule has 0 aliphatic carbocycles. The van der Waals surface area contributed by atoms with Gasteiger partial charge in [0.1, 0.15) is 30.2 Å². The molecule has 0 unspecified atom stereocenters. The number of carbonyl (C=O) groups is 6. The van der Waals surface area contributed by atoms with Crippen molar-refractivity contribution in [2.45, 2.75) is 72.4 Å². The van der Waals surface area contributed by atoms with Gasteiger partial charge in [-0.3, -0.25) is 19.2 Å². The number of phenolic OH excluding ortho intramolecular Hbond substituents is 2. The Bertz CT molecular complexity index is 2880. The van der Waals surface area contributed by atoms with Gasteiger partial charge in [0.2, 0.25) is 11.9 Å². The van der Waals surface area contributed by atoms with Gasteiger partial charge >= 0.3 is 11.9 Å². The van der Waals surface area contributed by atoms with Gasteiger partial charge in [0.15, 0.2) is 0 Å². The number of hydrogen-bond acceptors (Lipinski definition) is 19. The summed E-state index contributed by atoms with van der Waals surface area (Å²) in [6.45, 7) is 10.8. The molecule has 0 bridgehead atoms. The van der Waals surface area contributed by atoms with Gasteiger partial charge < -0.3 is 61.4 Å². The van der Waals surface area contributed by atoms with Crippen LogP contribution in [0, 0.1) is 27.7 Å². The molecule has 0 aliphatic heterocycles. The normalized spacial score (nSPS) is 11.5. The van der Waals surface area contributed by atoms with Crippen LogP contribution in [-0.4, -0.2) is 142 Å². The quantitative estimate of drug-likeness (QED) is 0.0205. The van der Waals surface area contributed by atoms with Crippen molar-refractivity contribution in [1.82, 2.24) is 41.2 Å². The number of aryl methyl sites for hydroxylation is 6. The molecule has 22 nitrogen and oxygen atoms in total. The van der Waals surface area contributed by atoms with Gasteiger partial charge in [-0.25, -0.2) is 29.5 Å². The highest BCUT2D eigenvalue weighted by Crippen LogP contribution is 2.18. The van der Waals surface area contributed by atoms with Crippen molar-refractivity contribution in [2.24, 2.45) is 0 Å². The molecule has 2 atom stereocenters. The molecule has 4 heterocycles. The fourth-order valence-electron chi connectivity index (χ4n) is 7.56. The van der Waals surface area contributed by atoms with E-state index in [2.05, 4.69) is 51.8 Å². The minimum Gasteiger partial charge on any atom is -0.508 e. The van der Waals surface area contributed by atoms with E-state index >= 15 is 0 Å². The molecular weight excluding hydrogens is 1040 g/mol. The Morgan fingerprint density at radius 1 is 0.564 bits per heavy atom. The molecule has 0 aliphatic rings. The van der Waals surface area contributed by atoms with E-state index in [0.29, 0.717) is 77.3 Å².